The van der Waals surface area contributed by atoms with Gasteiger partial charge in [-0.1, -0.05) is 18.2 Å². The number of hydrogen-bond acceptors (Lipinski definition) is 3. The Morgan fingerprint density at radius 2 is 1.67 bits per heavy atom. The van der Waals surface area contributed by atoms with E-state index < -0.39 is 0 Å². The molecule has 1 amide bonds. The van der Waals surface area contributed by atoms with Gasteiger partial charge in [-0.2, -0.15) is 5.26 Å². The van der Waals surface area contributed by atoms with Gasteiger partial charge in [-0.15, -0.1) is 0 Å². The van der Waals surface area contributed by atoms with E-state index in [4.69, 9.17) is 0 Å². The average Bonchev–Trinajstić information content (AvgIpc) is 2.66. The topological polar surface area (TPSA) is 56.1 Å². The van der Waals surface area contributed by atoms with E-state index in [1.54, 1.807) is 6.08 Å². The number of aryl methyl sites for hydroxylation is 2. The zero-order valence-electron chi connectivity index (χ0n) is 16.0. The maximum absolute atomic E-state index is 12.5. The number of amides is 1. The summed E-state index contributed by atoms with van der Waals surface area (Å²) in [6.07, 6.45) is 5.41. The molecule has 0 spiro atoms. The molecule has 0 radical (unpaired) electrons. The zero-order valence-corrected chi connectivity index (χ0v) is 16.0. The fourth-order valence-electron chi connectivity index (χ4n) is 3.49. The number of rotatable bonds is 4. The summed E-state index contributed by atoms with van der Waals surface area (Å²) in [5, 5.41) is 12.2. The highest BCUT2D eigenvalue weighted by Crippen LogP contribution is 2.21. The number of nitriles is 1. The number of nitrogens with zero attached hydrogens (tertiary/aromatic N) is 2. The van der Waals surface area contributed by atoms with Crippen molar-refractivity contribution in [1.29, 1.82) is 5.26 Å². The van der Waals surface area contributed by atoms with E-state index in [1.165, 1.54) is 24.9 Å². The lowest BCUT2D eigenvalue weighted by Crippen LogP contribution is -2.29. The minimum atomic E-state index is -0.386. The molecule has 0 saturated carbocycles. The summed E-state index contributed by atoms with van der Waals surface area (Å²) in [5.74, 6) is -0.386. The van der Waals surface area contributed by atoms with E-state index in [0.717, 1.165) is 29.8 Å². The van der Waals surface area contributed by atoms with E-state index in [1.807, 2.05) is 50.2 Å². The Bertz CT molecular complexity index is 865. The summed E-state index contributed by atoms with van der Waals surface area (Å²) < 4.78 is 0. The van der Waals surface area contributed by atoms with Crippen molar-refractivity contribution >= 4 is 23.4 Å². The van der Waals surface area contributed by atoms with Crippen LogP contribution in [0.15, 0.2) is 48.0 Å². The second kappa shape index (κ2) is 8.55. The summed E-state index contributed by atoms with van der Waals surface area (Å²) in [6, 6.07) is 15.9. The van der Waals surface area contributed by atoms with Crippen LogP contribution < -0.4 is 10.2 Å². The molecule has 1 heterocycles. The van der Waals surface area contributed by atoms with Gasteiger partial charge in [0.25, 0.3) is 5.91 Å². The Morgan fingerprint density at radius 3 is 2.26 bits per heavy atom. The van der Waals surface area contributed by atoms with Crippen molar-refractivity contribution in [3.8, 4) is 6.07 Å². The van der Waals surface area contributed by atoms with Crippen molar-refractivity contribution in [2.45, 2.75) is 33.1 Å². The first-order chi connectivity index (χ1) is 13.0. The van der Waals surface area contributed by atoms with Gasteiger partial charge >= 0.3 is 0 Å². The minimum absolute atomic E-state index is 0.0971. The Hall–Kier alpha value is -3.06. The van der Waals surface area contributed by atoms with Crippen molar-refractivity contribution in [2.75, 3.05) is 23.3 Å². The Labute approximate surface area is 161 Å². The molecule has 1 saturated heterocycles. The molecule has 1 aliphatic heterocycles. The van der Waals surface area contributed by atoms with Gasteiger partial charge < -0.3 is 10.2 Å². The van der Waals surface area contributed by atoms with Gasteiger partial charge in [-0.3, -0.25) is 4.79 Å². The normalized spacial score (nSPS) is 14.6. The predicted octanol–water partition coefficient (Wildman–Crippen LogP) is 4.84. The lowest BCUT2D eigenvalue weighted by molar-refractivity contribution is -0.112. The number of nitrogens with one attached hydrogen (secondary N) is 1. The second-order valence-electron chi connectivity index (χ2n) is 7.14. The van der Waals surface area contributed by atoms with Crippen molar-refractivity contribution in [1.82, 2.24) is 0 Å². The van der Waals surface area contributed by atoms with Crippen LogP contribution in [0.3, 0.4) is 0 Å². The third-order valence-electron chi connectivity index (χ3n) is 4.77. The van der Waals surface area contributed by atoms with Crippen LogP contribution in [0, 0.1) is 25.2 Å². The summed E-state index contributed by atoms with van der Waals surface area (Å²) in [4.78, 5) is 14.9. The first-order valence-corrected chi connectivity index (χ1v) is 9.41. The Morgan fingerprint density at radius 1 is 1.04 bits per heavy atom. The molecule has 0 unspecified atom stereocenters. The predicted molar refractivity (Wildman–Crippen MR) is 111 cm³/mol. The maximum Gasteiger partial charge on any atom is 0.266 e. The van der Waals surface area contributed by atoms with Gasteiger partial charge in [0, 0.05) is 24.5 Å². The molecule has 4 heteroatoms. The SMILES string of the molecule is Cc1cc(C)cc(NC(=O)/C(C#N)=C/c2ccc(N3CCCCC3)cc2)c1. The number of benzene rings is 2. The molecule has 0 aliphatic carbocycles. The van der Waals surface area contributed by atoms with Gasteiger partial charge in [-0.25, -0.2) is 0 Å². The smallest absolute Gasteiger partial charge is 0.266 e. The second-order valence-corrected chi connectivity index (χ2v) is 7.14. The van der Waals surface area contributed by atoms with Crippen molar-refractivity contribution in [3.05, 3.63) is 64.7 Å². The summed E-state index contributed by atoms with van der Waals surface area (Å²) in [6.45, 7) is 6.15. The zero-order chi connectivity index (χ0) is 19.2. The van der Waals surface area contributed by atoms with Crippen molar-refractivity contribution in [2.24, 2.45) is 0 Å². The number of carbonyl (C=O) groups excluding carboxylic acids is 1. The minimum Gasteiger partial charge on any atom is -0.372 e. The van der Waals surface area contributed by atoms with Crippen LogP contribution in [-0.2, 0) is 4.79 Å². The number of hydrogen-bond donors (Lipinski definition) is 1. The van der Waals surface area contributed by atoms with E-state index in [2.05, 4.69) is 22.3 Å². The fourth-order valence-corrected chi connectivity index (χ4v) is 3.49. The lowest BCUT2D eigenvalue weighted by Gasteiger charge is -2.28. The molecule has 0 atom stereocenters. The van der Waals surface area contributed by atoms with Gasteiger partial charge in [0.05, 0.1) is 0 Å². The molecule has 27 heavy (non-hydrogen) atoms. The van der Waals surface area contributed by atoms with Gasteiger partial charge in [0.2, 0.25) is 0 Å². The molecule has 1 fully saturated rings. The quantitative estimate of drug-likeness (QED) is 0.628. The van der Waals surface area contributed by atoms with E-state index in [0.29, 0.717) is 5.69 Å². The highest BCUT2D eigenvalue weighted by atomic mass is 16.1. The first kappa shape index (κ1) is 18.7. The number of carbonyl (C=O) groups is 1. The monoisotopic (exact) mass is 359 g/mol. The molecule has 2 aromatic rings. The van der Waals surface area contributed by atoms with E-state index in [-0.39, 0.29) is 11.5 Å². The molecule has 1 N–H and O–H groups in total. The largest absolute Gasteiger partial charge is 0.372 e. The number of piperidine rings is 1. The molecule has 2 aromatic carbocycles. The molecular formula is C23H25N3O. The highest BCUT2D eigenvalue weighted by molar-refractivity contribution is 6.09. The average molecular weight is 359 g/mol. The standard InChI is InChI=1S/C23H25N3O/c1-17-12-18(2)14-21(13-17)25-23(27)20(16-24)15-19-6-8-22(9-7-19)26-10-4-3-5-11-26/h6-9,12-15H,3-5,10-11H2,1-2H3,(H,25,27)/b20-15+. The Kier molecular flexibility index (Phi) is 5.93. The van der Waals surface area contributed by atoms with Crippen LogP contribution in [0.1, 0.15) is 36.0 Å². The van der Waals surface area contributed by atoms with Crippen LogP contribution in [0.2, 0.25) is 0 Å². The van der Waals surface area contributed by atoms with Crippen LogP contribution in [-0.4, -0.2) is 19.0 Å². The third-order valence-corrected chi connectivity index (χ3v) is 4.77. The van der Waals surface area contributed by atoms with Crippen LogP contribution >= 0.6 is 0 Å². The summed E-state index contributed by atoms with van der Waals surface area (Å²) in [7, 11) is 0. The molecule has 4 nitrogen and oxygen atoms in total. The first-order valence-electron chi connectivity index (χ1n) is 9.41. The molecule has 3 rings (SSSR count). The van der Waals surface area contributed by atoms with Crippen LogP contribution in [0.25, 0.3) is 6.08 Å². The van der Waals surface area contributed by atoms with Crippen LogP contribution in [0.4, 0.5) is 11.4 Å². The molecule has 0 bridgehead atoms. The lowest BCUT2D eigenvalue weighted by atomic mass is 10.1. The van der Waals surface area contributed by atoms with E-state index in [9.17, 15) is 10.1 Å². The van der Waals surface area contributed by atoms with E-state index >= 15 is 0 Å². The van der Waals surface area contributed by atoms with Gasteiger partial charge in [0.15, 0.2) is 0 Å². The van der Waals surface area contributed by atoms with Gasteiger partial charge in [0.1, 0.15) is 11.6 Å². The molecule has 138 valence electrons. The Balaban J connectivity index is 1.73. The van der Waals surface area contributed by atoms with Crippen molar-refractivity contribution < 1.29 is 4.79 Å². The molecule has 1 aliphatic rings. The third kappa shape index (κ3) is 4.98. The summed E-state index contributed by atoms with van der Waals surface area (Å²) >= 11 is 0. The summed E-state index contributed by atoms with van der Waals surface area (Å²) in [5.41, 5.74) is 4.99. The fraction of sp³-hybridized carbons (Fsp3) is 0.304. The van der Waals surface area contributed by atoms with Crippen molar-refractivity contribution in [3.63, 3.8) is 0 Å². The maximum atomic E-state index is 12.5. The highest BCUT2D eigenvalue weighted by Gasteiger charge is 2.12. The molecular weight excluding hydrogens is 334 g/mol. The van der Waals surface area contributed by atoms with Gasteiger partial charge in [-0.05, 0) is 80.1 Å². The van der Waals surface area contributed by atoms with Crippen LogP contribution in [0.5, 0.6) is 0 Å². The molecule has 0 aromatic heterocycles. The number of anilines is 2.